The van der Waals surface area contributed by atoms with E-state index in [0.717, 1.165) is 12.8 Å². The second-order valence-electron chi connectivity index (χ2n) is 4.08. The van der Waals surface area contributed by atoms with Crippen LogP contribution in [0.2, 0.25) is 0 Å². The fraction of sp³-hybridized carbons (Fsp3) is 0.417. The Labute approximate surface area is 83.6 Å². The van der Waals surface area contributed by atoms with Gasteiger partial charge in [0.25, 0.3) is 0 Å². The van der Waals surface area contributed by atoms with Crippen molar-refractivity contribution < 1.29 is 9.90 Å². The molecule has 14 heavy (non-hydrogen) atoms. The number of rotatable bonds is 3. The Morgan fingerprint density at radius 3 is 2.43 bits per heavy atom. The summed E-state index contributed by atoms with van der Waals surface area (Å²) in [6, 6.07) is 9.13. The molecule has 2 nitrogen and oxygen atoms in total. The monoisotopic (exact) mass is 190 g/mol. The molecule has 0 saturated heterocycles. The Balaban J connectivity index is 2.27. The van der Waals surface area contributed by atoms with Crippen LogP contribution < -0.4 is 0 Å². The second-order valence-corrected chi connectivity index (χ2v) is 4.08. The molecule has 0 radical (unpaired) electrons. The van der Waals surface area contributed by atoms with Crippen LogP contribution in [0.3, 0.4) is 0 Å². The van der Waals surface area contributed by atoms with Crippen molar-refractivity contribution in [2.45, 2.75) is 25.4 Å². The van der Waals surface area contributed by atoms with Crippen molar-refractivity contribution in [3.8, 4) is 0 Å². The molecular weight excluding hydrogens is 176 g/mol. The van der Waals surface area contributed by atoms with E-state index in [4.69, 9.17) is 0 Å². The summed E-state index contributed by atoms with van der Waals surface area (Å²) in [5.74, 6) is 0.0499. The van der Waals surface area contributed by atoms with Crippen LogP contribution in [0, 0.1) is 5.92 Å². The van der Waals surface area contributed by atoms with E-state index in [1.54, 1.807) is 19.1 Å². The van der Waals surface area contributed by atoms with Crippen molar-refractivity contribution in [3.05, 3.63) is 35.9 Å². The Morgan fingerprint density at radius 1 is 1.36 bits per heavy atom. The van der Waals surface area contributed by atoms with Gasteiger partial charge in [0.1, 0.15) is 5.60 Å². The number of ketones is 1. The predicted octanol–water partition coefficient (Wildman–Crippen LogP) is 1.87. The first-order valence-electron chi connectivity index (χ1n) is 4.94. The third-order valence-corrected chi connectivity index (χ3v) is 2.76. The summed E-state index contributed by atoms with van der Waals surface area (Å²) in [7, 11) is 0. The maximum absolute atomic E-state index is 11.8. The van der Waals surface area contributed by atoms with Crippen molar-refractivity contribution in [2.75, 3.05) is 0 Å². The van der Waals surface area contributed by atoms with E-state index in [-0.39, 0.29) is 11.7 Å². The lowest BCUT2D eigenvalue weighted by Crippen LogP contribution is -2.33. The minimum atomic E-state index is -1.30. The van der Waals surface area contributed by atoms with E-state index in [1.807, 2.05) is 18.2 Å². The zero-order valence-electron chi connectivity index (χ0n) is 8.23. The van der Waals surface area contributed by atoms with E-state index in [1.165, 1.54) is 0 Å². The second kappa shape index (κ2) is 3.21. The fourth-order valence-corrected chi connectivity index (χ4v) is 1.65. The average molecular weight is 190 g/mol. The molecule has 0 aliphatic heterocycles. The maximum Gasteiger partial charge on any atom is 0.171 e. The Kier molecular flexibility index (Phi) is 2.16. The molecule has 0 aromatic heterocycles. The highest BCUT2D eigenvalue weighted by molar-refractivity contribution is 5.91. The van der Waals surface area contributed by atoms with Crippen LogP contribution in [-0.2, 0) is 10.4 Å². The standard InChI is InChI=1S/C12H14O2/c1-12(14,11(13)9-7-8-9)10-5-3-2-4-6-10/h2-6,9,14H,7-8H2,1H3. The third kappa shape index (κ3) is 1.58. The summed E-state index contributed by atoms with van der Waals surface area (Å²) in [6.45, 7) is 1.59. The number of carbonyl (C=O) groups excluding carboxylic acids is 1. The molecule has 74 valence electrons. The van der Waals surface area contributed by atoms with Gasteiger partial charge >= 0.3 is 0 Å². The highest BCUT2D eigenvalue weighted by Crippen LogP contribution is 2.37. The van der Waals surface area contributed by atoms with Crippen LogP contribution in [0.25, 0.3) is 0 Å². The highest BCUT2D eigenvalue weighted by atomic mass is 16.3. The average Bonchev–Trinajstić information content (AvgIpc) is 3.01. The first-order valence-corrected chi connectivity index (χ1v) is 4.94. The van der Waals surface area contributed by atoms with E-state index in [9.17, 15) is 9.90 Å². The van der Waals surface area contributed by atoms with Gasteiger partial charge in [-0.25, -0.2) is 0 Å². The summed E-state index contributed by atoms with van der Waals surface area (Å²) < 4.78 is 0. The molecule has 1 atom stereocenters. The number of Topliss-reactive ketones (excluding diaryl/α,β-unsaturated/α-hetero) is 1. The number of aliphatic hydroxyl groups is 1. The van der Waals surface area contributed by atoms with Gasteiger partial charge in [-0.1, -0.05) is 30.3 Å². The molecule has 1 aliphatic carbocycles. The minimum Gasteiger partial charge on any atom is -0.378 e. The summed E-state index contributed by atoms with van der Waals surface area (Å²) in [6.07, 6.45) is 1.86. The largest absolute Gasteiger partial charge is 0.378 e. The number of hydrogen-bond donors (Lipinski definition) is 1. The molecule has 1 saturated carbocycles. The van der Waals surface area contributed by atoms with Crippen LogP contribution in [-0.4, -0.2) is 10.9 Å². The minimum absolute atomic E-state index is 0.0382. The molecule has 1 unspecified atom stereocenters. The zero-order chi connectivity index (χ0) is 10.2. The third-order valence-electron chi connectivity index (χ3n) is 2.76. The van der Waals surface area contributed by atoms with E-state index >= 15 is 0 Å². The predicted molar refractivity (Wildman–Crippen MR) is 53.7 cm³/mol. The highest BCUT2D eigenvalue weighted by Gasteiger charge is 2.42. The van der Waals surface area contributed by atoms with Crippen LogP contribution in [0.5, 0.6) is 0 Å². The molecule has 0 amide bonds. The van der Waals surface area contributed by atoms with Crippen LogP contribution in [0.1, 0.15) is 25.3 Å². The Hall–Kier alpha value is -1.15. The molecule has 1 aromatic carbocycles. The smallest absolute Gasteiger partial charge is 0.171 e. The molecular formula is C12H14O2. The van der Waals surface area contributed by atoms with Gasteiger partial charge in [-0.2, -0.15) is 0 Å². The number of carbonyl (C=O) groups is 1. The van der Waals surface area contributed by atoms with Gasteiger partial charge in [0.15, 0.2) is 5.78 Å². The van der Waals surface area contributed by atoms with Gasteiger partial charge in [0.2, 0.25) is 0 Å². The molecule has 1 fully saturated rings. The van der Waals surface area contributed by atoms with Gasteiger partial charge in [0.05, 0.1) is 0 Å². The van der Waals surface area contributed by atoms with Crippen LogP contribution in [0.15, 0.2) is 30.3 Å². The van der Waals surface area contributed by atoms with Gasteiger partial charge < -0.3 is 5.11 Å². The first kappa shape index (κ1) is 9.41. The summed E-state index contributed by atoms with van der Waals surface area (Å²) in [4.78, 5) is 11.8. The molecule has 2 heteroatoms. The molecule has 1 N–H and O–H groups in total. The number of hydrogen-bond acceptors (Lipinski definition) is 2. The lowest BCUT2D eigenvalue weighted by atomic mass is 9.89. The van der Waals surface area contributed by atoms with Crippen molar-refractivity contribution in [2.24, 2.45) is 5.92 Å². The van der Waals surface area contributed by atoms with E-state index in [2.05, 4.69) is 0 Å². The summed E-state index contributed by atoms with van der Waals surface area (Å²) >= 11 is 0. The fourth-order valence-electron chi connectivity index (χ4n) is 1.65. The molecule has 1 aromatic rings. The topological polar surface area (TPSA) is 37.3 Å². The van der Waals surface area contributed by atoms with Gasteiger partial charge in [-0.15, -0.1) is 0 Å². The summed E-state index contributed by atoms with van der Waals surface area (Å²) in [5.41, 5.74) is -0.612. The molecule has 0 bridgehead atoms. The van der Waals surface area contributed by atoms with Gasteiger partial charge in [-0.05, 0) is 25.3 Å². The van der Waals surface area contributed by atoms with Crippen LogP contribution in [0.4, 0.5) is 0 Å². The number of benzene rings is 1. The zero-order valence-corrected chi connectivity index (χ0v) is 8.23. The van der Waals surface area contributed by atoms with E-state index in [0.29, 0.717) is 5.56 Å². The molecule has 0 heterocycles. The van der Waals surface area contributed by atoms with Crippen molar-refractivity contribution in [1.82, 2.24) is 0 Å². The van der Waals surface area contributed by atoms with Crippen molar-refractivity contribution >= 4 is 5.78 Å². The molecule has 1 aliphatic rings. The van der Waals surface area contributed by atoms with Crippen LogP contribution >= 0.6 is 0 Å². The van der Waals surface area contributed by atoms with Gasteiger partial charge in [0, 0.05) is 5.92 Å². The maximum atomic E-state index is 11.8. The quantitative estimate of drug-likeness (QED) is 0.790. The SMILES string of the molecule is CC(O)(C(=O)C1CC1)c1ccccc1. The normalized spacial score (nSPS) is 20.1. The van der Waals surface area contributed by atoms with Crippen molar-refractivity contribution in [3.63, 3.8) is 0 Å². The molecule has 2 rings (SSSR count). The van der Waals surface area contributed by atoms with Crippen molar-refractivity contribution in [1.29, 1.82) is 0 Å². The lowest BCUT2D eigenvalue weighted by molar-refractivity contribution is -0.137. The molecule has 0 spiro atoms. The first-order chi connectivity index (χ1) is 6.62. The lowest BCUT2D eigenvalue weighted by Gasteiger charge is -2.21. The van der Waals surface area contributed by atoms with Gasteiger partial charge in [-0.3, -0.25) is 4.79 Å². The van der Waals surface area contributed by atoms with E-state index < -0.39 is 5.60 Å². The Morgan fingerprint density at radius 2 is 1.93 bits per heavy atom. The summed E-state index contributed by atoms with van der Waals surface area (Å²) in [5, 5.41) is 10.1. The Bertz CT molecular complexity index is 337.